The molecule has 0 aromatic heterocycles. The lowest BCUT2D eigenvalue weighted by Crippen LogP contribution is -2.35. The predicted octanol–water partition coefficient (Wildman–Crippen LogP) is 1.23. The van der Waals surface area contributed by atoms with Gasteiger partial charge in [0.2, 0.25) is 0 Å². The molecule has 0 spiro atoms. The van der Waals surface area contributed by atoms with Gasteiger partial charge in [-0.15, -0.1) is 0 Å². The molecule has 1 fully saturated rings. The number of hydrogen-bond donors (Lipinski definition) is 2. The Morgan fingerprint density at radius 2 is 2.12 bits per heavy atom. The zero-order chi connectivity index (χ0) is 12.3. The summed E-state index contributed by atoms with van der Waals surface area (Å²) < 4.78 is 5.33. The zero-order valence-corrected chi connectivity index (χ0v) is 10.2. The maximum Gasteiger partial charge on any atom is 0.123 e. The molecule has 0 radical (unpaired) electrons. The molecule has 3 N–H and O–H groups in total. The van der Waals surface area contributed by atoms with Gasteiger partial charge in [0, 0.05) is 30.9 Å². The van der Waals surface area contributed by atoms with Crippen LogP contribution in [0.2, 0.25) is 0 Å². The maximum atomic E-state index is 9.47. The SMILES string of the molecule is COc1ccc(N)cc1CN1CCC(O)CC1. The number of anilines is 1. The molecular weight excluding hydrogens is 216 g/mol. The zero-order valence-electron chi connectivity index (χ0n) is 10.2. The molecule has 0 aliphatic carbocycles. The molecule has 0 bridgehead atoms. The lowest BCUT2D eigenvalue weighted by atomic mass is 10.1. The van der Waals surface area contributed by atoms with Gasteiger partial charge in [-0.3, -0.25) is 4.90 Å². The van der Waals surface area contributed by atoms with E-state index in [9.17, 15) is 5.11 Å². The minimum atomic E-state index is -0.131. The number of hydrogen-bond acceptors (Lipinski definition) is 4. The lowest BCUT2D eigenvalue weighted by Gasteiger charge is -2.29. The van der Waals surface area contributed by atoms with E-state index >= 15 is 0 Å². The monoisotopic (exact) mass is 236 g/mol. The Labute approximate surface area is 102 Å². The van der Waals surface area contributed by atoms with Crippen LogP contribution in [-0.2, 0) is 6.54 Å². The molecule has 1 heterocycles. The molecule has 94 valence electrons. The third-order valence-electron chi connectivity index (χ3n) is 3.26. The van der Waals surface area contributed by atoms with Gasteiger partial charge < -0.3 is 15.6 Å². The fraction of sp³-hybridized carbons (Fsp3) is 0.538. The van der Waals surface area contributed by atoms with Crippen molar-refractivity contribution in [2.24, 2.45) is 0 Å². The number of likely N-dealkylation sites (tertiary alicyclic amines) is 1. The van der Waals surface area contributed by atoms with E-state index in [1.165, 1.54) is 0 Å². The van der Waals surface area contributed by atoms with Crippen molar-refractivity contribution < 1.29 is 9.84 Å². The highest BCUT2D eigenvalue weighted by Crippen LogP contribution is 2.24. The number of piperidine rings is 1. The molecule has 1 aromatic carbocycles. The van der Waals surface area contributed by atoms with E-state index in [2.05, 4.69) is 4.90 Å². The van der Waals surface area contributed by atoms with Crippen LogP contribution in [0.3, 0.4) is 0 Å². The molecule has 1 aliphatic heterocycles. The number of aliphatic hydroxyl groups excluding tert-OH is 1. The van der Waals surface area contributed by atoms with Crippen molar-refractivity contribution in [3.8, 4) is 5.75 Å². The Morgan fingerprint density at radius 1 is 1.41 bits per heavy atom. The van der Waals surface area contributed by atoms with Gasteiger partial charge >= 0.3 is 0 Å². The van der Waals surface area contributed by atoms with Crippen LogP contribution in [-0.4, -0.2) is 36.3 Å². The van der Waals surface area contributed by atoms with Crippen molar-refractivity contribution in [1.82, 2.24) is 4.90 Å². The molecule has 1 aliphatic rings. The fourth-order valence-corrected chi connectivity index (χ4v) is 2.24. The van der Waals surface area contributed by atoms with Gasteiger partial charge in [0.1, 0.15) is 5.75 Å². The minimum Gasteiger partial charge on any atom is -0.496 e. The first-order valence-corrected chi connectivity index (χ1v) is 6.02. The summed E-state index contributed by atoms with van der Waals surface area (Å²) in [5.74, 6) is 0.880. The van der Waals surface area contributed by atoms with E-state index in [0.29, 0.717) is 0 Å². The summed E-state index contributed by atoms with van der Waals surface area (Å²) in [6.07, 6.45) is 1.57. The number of ether oxygens (including phenoxy) is 1. The topological polar surface area (TPSA) is 58.7 Å². The smallest absolute Gasteiger partial charge is 0.123 e. The summed E-state index contributed by atoms with van der Waals surface area (Å²) in [4.78, 5) is 2.32. The summed E-state index contributed by atoms with van der Waals surface area (Å²) in [5, 5.41) is 9.47. The molecule has 17 heavy (non-hydrogen) atoms. The third-order valence-corrected chi connectivity index (χ3v) is 3.26. The molecule has 0 saturated carbocycles. The summed E-state index contributed by atoms with van der Waals surface area (Å²) in [6, 6.07) is 5.72. The van der Waals surface area contributed by atoms with Crippen LogP contribution in [0.4, 0.5) is 5.69 Å². The Morgan fingerprint density at radius 3 is 2.76 bits per heavy atom. The summed E-state index contributed by atoms with van der Waals surface area (Å²) in [7, 11) is 1.68. The number of rotatable bonds is 3. The quantitative estimate of drug-likeness (QED) is 0.775. The van der Waals surface area contributed by atoms with Crippen LogP contribution >= 0.6 is 0 Å². The van der Waals surface area contributed by atoms with Gasteiger partial charge in [0.05, 0.1) is 13.2 Å². The largest absolute Gasteiger partial charge is 0.496 e. The van der Waals surface area contributed by atoms with E-state index in [4.69, 9.17) is 10.5 Å². The number of nitrogen functional groups attached to an aromatic ring is 1. The van der Waals surface area contributed by atoms with Gasteiger partial charge in [-0.25, -0.2) is 0 Å². The number of aliphatic hydroxyl groups is 1. The Balaban J connectivity index is 2.04. The second-order valence-corrected chi connectivity index (χ2v) is 4.58. The van der Waals surface area contributed by atoms with Crippen molar-refractivity contribution in [2.75, 3.05) is 25.9 Å². The van der Waals surface area contributed by atoms with E-state index in [1.807, 2.05) is 18.2 Å². The van der Waals surface area contributed by atoms with Crippen molar-refractivity contribution in [3.05, 3.63) is 23.8 Å². The van der Waals surface area contributed by atoms with Crippen molar-refractivity contribution in [2.45, 2.75) is 25.5 Å². The third kappa shape index (κ3) is 3.11. The van der Waals surface area contributed by atoms with Crippen molar-refractivity contribution in [3.63, 3.8) is 0 Å². The molecule has 1 saturated heterocycles. The van der Waals surface area contributed by atoms with E-state index in [1.54, 1.807) is 7.11 Å². The summed E-state index contributed by atoms with van der Waals surface area (Å²) >= 11 is 0. The van der Waals surface area contributed by atoms with Crippen LogP contribution in [0.25, 0.3) is 0 Å². The summed E-state index contributed by atoms with van der Waals surface area (Å²) in [5.41, 5.74) is 7.67. The molecule has 1 aromatic rings. The fourth-order valence-electron chi connectivity index (χ4n) is 2.24. The van der Waals surface area contributed by atoms with Crippen LogP contribution < -0.4 is 10.5 Å². The van der Waals surface area contributed by atoms with Gasteiger partial charge in [-0.1, -0.05) is 0 Å². The van der Waals surface area contributed by atoms with Gasteiger partial charge in [0.15, 0.2) is 0 Å². The van der Waals surface area contributed by atoms with Gasteiger partial charge in [-0.2, -0.15) is 0 Å². The second-order valence-electron chi connectivity index (χ2n) is 4.58. The Kier molecular flexibility index (Phi) is 3.86. The number of methoxy groups -OCH3 is 1. The number of nitrogens with two attached hydrogens (primary N) is 1. The summed E-state index contributed by atoms with van der Waals surface area (Å²) in [6.45, 7) is 2.69. The van der Waals surface area contributed by atoms with Crippen LogP contribution in [0.15, 0.2) is 18.2 Å². The van der Waals surface area contributed by atoms with E-state index < -0.39 is 0 Å². The minimum absolute atomic E-state index is 0.131. The number of nitrogens with zero attached hydrogens (tertiary/aromatic N) is 1. The first kappa shape index (κ1) is 12.2. The Hall–Kier alpha value is -1.26. The van der Waals surface area contributed by atoms with Gasteiger partial charge in [0.25, 0.3) is 0 Å². The van der Waals surface area contributed by atoms with Crippen molar-refractivity contribution >= 4 is 5.69 Å². The lowest BCUT2D eigenvalue weighted by molar-refractivity contribution is 0.0789. The molecule has 4 nitrogen and oxygen atoms in total. The predicted molar refractivity (Wildman–Crippen MR) is 67.9 cm³/mol. The highest BCUT2D eigenvalue weighted by Gasteiger charge is 2.18. The van der Waals surface area contributed by atoms with Crippen molar-refractivity contribution in [1.29, 1.82) is 0 Å². The molecule has 0 atom stereocenters. The average Bonchev–Trinajstić information content (AvgIpc) is 2.32. The molecule has 0 amide bonds. The Bertz CT molecular complexity index is 374. The number of benzene rings is 1. The maximum absolute atomic E-state index is 9.47. The molecule has 2 rings (SSSR count). The standard InChI is InChI=1S/C13H20N2O2/c1-17-13-3-2-11(14)8-10(13)9-15-6-4-12(16)5-7-15/h2-3,8,12,16H,4-7,9,14H2,1H3. The highest BCUT2D eigenvalue weighted by molar-refractivity contribution is 5.47. The van der Waals surface area contributed by atoms with E-state index in [0.717, 1.165) is 49.5 Å². The normalized spacial score (nSPS) is 18.2. The molecule has 4 heteroatoms. The van der Waals surface area contributed by atoms with Gasteiger partial charge in [-0.05, 0) is 31.0 Å². The molecule has 0 unspecified atom stereocenters. The second kappa shape index (κ2) is 5.38. The molecular formula is C13H20N2O2. The first-order chi connectivity index (χ1) is 8.19. The van der Waals surface area contributed by atoms with E-state index in [-0.39, 0.29) is 6.10 Å². The van der Waals surface area contributed by atoms with Crippen LogP contribution in [0, 0.1) is 0 Å². The van der Waals surface area contributed by atoms with Crippen LogP contribution in [0.1, 0.15) is 18.4 Å². The first-order valence-electron chi connectivity index (χ1n) is 6.02. The highest BCUT2D eigenvalue weighted by atomic mass is 16.5. The van der Waals surface area contributed by atoms with Crippen LogP contribution in [0.5, 0.6) is 5.75 Å². The average molecular weight is 236 g/mol.